The average Bonchev–Trinajstić information content (AvgIpc) is 3.00. The van der Waals surface area contributed by atoms with Crippen LogP contribution in [-0.2, 0) is 13.6 Å². The Morgan fingerprint density at radius 2 is 1.86 bits per heavy atom. The van der Waals surface area contributed by atoms with Crippen molar-refractivity contribution in [1.82, 2.24) is 24.5 Å². The van der Waals surface area contributed by atoms with Crippen molar-refractivity contribution in [3.05, 3.63) is 53.6 Å². The van der Waals surface area contributed by atoms with E-state index in [4.69, 9.17) is 0 Å². The second-order valence-electron chi connectivity index (χ2n) is 4.98. The van der Waals surface area contributed by atoms with Crippen LogP contribution in [0, 0.1) is 13.8 Å². The lowest BCUT2D eigenvalue weighted by Gasteiger charge is -2.03. The zero-order valence-electron chi connectivity index (χ0n) is 12.4. The first-order chi connectivity index (χ1) is 10.1. The number of para-hydroxylation sites is 1. The lowest BCUT2D eigenvalue weighted by Crippen LogP contribution is -2.05. The minimum atomic E-state index is 0.671. The maximum absolute atomic E-state index is 4.55. The van der Waals surface area contributed by atoms with E-state index in [0.29, 0.717) is 6.54 Å². The standard InChI is InChI=1S/C15H18N6/c1-11-13(9-16-15-17-12(2)19-20(15)3)10-21(18-11)14-7-5-4-6-8-14/h4-8,10H,9H2,1-3H3,(H,16,17,19). The molecule has 0 atom stereocenters. The van der Waals surface area contributed by atoms with Crippen molar-refractivity contribution in [2.75, 3.05) is 5.32 Å². The summed E-state index contributed by atoms with van der Waals surface area (Å²) in [6.45, 7) is 4.56. The summed E-state index contributed by atoms with van der Waals surface area (Å²) >= 11 is 0. The van der Waals surface area contributed by atoms with Gasteiger partial charge in [0.05, 0.1) is 11.4 Å². The summed E-state index contributed by atoms with van der Waals surface area (Å²) < 4.78 is 3.64. The number of benzene rings is 1. The highest BCUT2D eigenvalue weighted by atomic mass is 15.4. The van der Waals surface area contributed by atoms with Crippen LogP contribution in [0.3, 0.4) is 0 Å². The van der Waals surface area contributed by atoms with E-state index in [-0.39, 0.29) is 0 Å². The second kappa shape index (κ2) is 5.40. The van der Waals surface area contributed by atoms with E-state index in [1.54, 1.807) is 4.68 Å². The Kier molecular flexibility index (Phi) is 3.43. The summed E-state index contributed by atoms with van der Waals surface area (Å²) in [6, 6.07) is 10.1. The normalized spacial score (nSPS) is 10.8. The lowest BCUT2D eigenvalue weighted by molar-refractivity contribution is 0.757. The highest BCUT2D eigenvalue weighted by Crippen LogP contribution is 2.13. The van der Waals surface area contributed by atoms with Gasteiger partial charge >= 0.3 is 0 Å². The Bertz CT molecular complexity index is 741. The van der Waals surface area contributed by atoms with Gasteiger partial charge in [0.15, 0.2) is 0 Å². The molecule has 0 unspecified atom stereocenters. The molecule has 2 heterocycles. The van der Waals surface area contributed by atoms with Gasteiger partial charge in [-0.25, -0.2) is 9.36 Å². The van der Waals surface area contributed by atoms with Gasteiger partial charge in [-0.05, 0) is 26.0 Å². The second-order valence-corrected chi connectivity index (χ2v) is 4.98. The minimum Gasteiger partial charge on any atom is -0.350 e. The molecule has 1 aromatic carbocycles. The quantitative estimate of drug-likeness (QED) is 0.797. The maximum Gasteiger partial charge on any atom is 0.221 e. The molecule has 21 heavy (non-hydrogen) atoms. The molecule has 3 rings (SSSR count). The molecule has 0 saturated heterocycles. The third-order valence-electron chi connectivity index (χ3n) is 3.33. The van der Waals surface area contributed by atoms with Crippen LogP contribution in [0.15, 0.2) is 36.5 Å². The zero-order valence-corrected chi connectivity index (χ0v) is 12.4. The fourth-order valence-corrected chi connectivity index (χ4v) is 2.22. The molecule has 108 valence electrons. The van der Waals surface area contributed by atoms with E-state index in [1.807, 2.05) is 62.1 Å². The van der Waals surface area contributed by atoms with Crippen LogP contribution in [0.4, 0.5) is 5.95 Å². The van der Waals surface area contributed by atoms with E-state index in [1.165, 1.54) is 0 Å². The molecule has 0 fully saturated rings. The van der Waals surface area contributed by atoms with Crippen molar-refractivity contribution in [3.8, 4) is 5.69 Å². The van der Waals surface area contributed by atoms with Gasteiger partial charge in [0.2, 0.25) is 5.95 Å². The van der Waals surface area contributed by atoms with Crippen molar-refractivity contribution in [1.29, 1.82) is 0 Å². The number of aromatic nitrogens is 5. The van der Waals surface area contributed by atoms with Crippen LogP contribution >= 0.6 is 0 Å². The number of rotatable bonds is 4. The molecule has 2 aromatic heterocycles. The molecule has 6 nitrogen and oxygen atoms in total. The number of nitrogens with one attached hydrogen (secondary N) is 1. The van der Waals surface area contributed by atoms with E-state index in [2.05, 4.69) is 20.5 Å². The Morgan fingerprint density at radius 1 is 1.10 bits per heavy atom. The molecular weight excluding hydrogens is 264 g/mol. The first-order valence-corrected chi connectivity index (χ1v) is 6.85. The Balaban J connectivity index is 1.78. The largest absolute Gasteiger partial charge is 0.350 e. The van der Waals surface area contributed by atoms with Crippen LogP contribution in [0.1, 0.15) is 17.1 Å². The predicted molar refractivity (Wildman–Crippen MR) is 81.4 cm³/mol. The van der Waals surface area contributed by atoms with Gasteiger partial charge in [-0.3, -0.25) is 0 Å². The molecule has 0 aliphatic carbocycles. The number of hydrogen-bond acceptors (Lipinski definition) is 4. The molecule has 0 spiro atoms. The highest BCUT2D eigenvalue weighted by Gasteiger charge is 2.08. The van der Waals surface area contributed by atoms with Gasteiger partial charge in [0.25, 0.3) is 0 Å². The topological polar surface area (TPSA) is 60.6 Å². The SMILES string of the molecule is Cc1nc(NCc2cn(-c3ccccc3)nc2C)n(C)n1. The van der Waals surface area contributed by atoms with Crippen molar-refractivity contribution in [3.63, 3.8) is 0 Å². The number of hydrogen-bond donors (Lipinski definition) is 1. The van der Waals surface area contributed by atoms with Crippen LogP contribution in [-0.4, -0.2) is 24.5 Å². The minimum absolute atomic E-state index is 0.671. The number of anilines is 1. The monoisotopic (exact) mass is 282 g/mol. The highest BCUT2D eigenvalue weighted by molar-refractivity contribution is 5.34. The Morgan fingerprint density at radius 3 is 2.52 bits per heavy atom. The third kappa shape index (κ3) is 2.79. The van der Waals surface area contributed by atoms with Gasteiger partial charge in [-0.2, -0.15) is 15.2 Å². The number of nitrogens with zero attached hydrogens (tertiary/aromatic N) is 5. The zero-order chi connectivity index (χ0) is 14.8. The van der Waals surface area contributed by atoms with Gasteiger partial charge in [0.1, 0.15) is 5.82 Å². The summed E-state index contributed by atoms with van der Waals surface area (Å²) in [4.78, 5) is 4.33. The molecule has 0 aliphatic rings. The van der Waals surface area contributed by atoms with Crippen LogP contribution in [0.5, 0.6) is 0 Å². The smallest absolute Gasteiger partial charge is 0.221 e. The molecule has 0 radical (unpaired) electrons. The average molecular weight is 282 g/mol. The van der Waals surface area contributed by atoms with E-state index in [9.17, 15) is 0 Å². The van der Waals surface area contributed by atoms with Crippen LogP contribution in [0.25, 0.3) is 5.69 Å². The first-order valence-electron chi connectivity index (χ1n) is 6.85. The molecule has 0 aliphatic heterocycles. The van der Waals surface area contributed by atoms with E-state index >= 15 is 0 Å². The molecule has 1 N–H and O–H groups in total. The van der Waals surface area contributed by atoms with Crippen LogP contribution in [0.2, 0.25) is 0 Å². The molecule has 3 aromatic rings. The van der Waals surface area contributed by atoms with Gasteiger partial charge in [-0.15, -0.1) is 0 Å². The Hall–Kier alpha value is -2.63. The lowest BCUT2D eigenvalue weighted by atomic mass is 10.2. The van der Waals surface area contributed by atoms with Gasteiger partial charge in [0, 0.05) is 25.4 Å². The third-order valence-corrected chi connectivity index (χ3v) is 3.33. The van der Waals surface area contributed by atoms with Crippen molar-refractivity contribution in [2.24, 2.45) is 7.05 Å². The maximum atomic E-state index is 4.55. The number of aryl methyl sites for hydroxylation is 3. The molecule has 0 bridgehead atoms. The first kappa shape index (κ1) is 13.4. The van der Waals surface area contributed by atoms with Crippen molar-refractivity contribution in [2.45, 2.75) is 20.4 Å². The summed E-state index contributed by atoms with van der Waals surface area (Å²) in [6.07, 6.45) is 2.04. The molecule has 0 saturated carbocycles. The van der Waals surface area contributed by atoms with Crippen molar-refractivity contribution >= 4 is 5.95 Å². The van der Waals surface area contributed by atoms with E-state index in [0.717, 1.165) is 28.7 Å². The molecule has 6 heteroatoms. The Labute approximate surface area is 123 Å². The molecular formula is C15H18N6. The summed E-state index contributed by atoms with van der Waals surface area (Å²) in [5.41, 5.74) is 3.20. The van der Waals surface area contributed by atoms with Gasteiger partial charge in [-0.1, -0.05) is 18.2 Å². The fraction of sp³-hybridized carbons (Fsp3) is 0.267. The van der Waals surface area contributed by atoms with Crippen molar-refractivity contribution < 1.29 is 0 Å². The fourth-order valence-electron chi connectivity index (χ4n) is 2.22. The van der Waals surface area contributed by atoms with Crippen LogP contribution < -0.4 is 5.32 Å². The van der Waals surface area contributed by atoms with Gasteiger partial charge < -0.3 is 5.32 Å². The summed E-state index contributed by atoms with van der Waals surface area (Å²) in [5.74, 6) is 1.52. The predicted octanol–water partition coefficient (Wildman–Crippen LogP) is 2.23. The van der Waals surface area contributed by atoms with E-state index < -0.39 is 0 Å². The summed E-state index contributed by atoms with van der Waals surface area (Å²) in [5, 5.41) is 12.1. The molecule has 0 amide bonds. The summed E-state index contributed by atoms with van der Waals surface area (Å²) in [7, 11) is 1.88.